The van der Waals surface area contributed by atoms with Crippen molar-refractivity contribution in [1.82, 2.24) is 4.72 Å². The van der Waals surface area contributed by atoms with Gasteiger partial charge in [-0.1, -0.05) is 19.4 Å². The Kier molecular flexibility index (Phi) is 3.19. The average molecular weight is 115 g/mol. The van der Waals surface area contributed by atoms with E-state index in [1.165, 1.54) is 0 Å². The van der Waals surface area contributed by atoms with E-state index < -0.39 is 0 Å². The Hall–Kier alpha value is -0.660. The molecule has 0 aromatic heterocycles. The second-order valence-electron chi connectivity index (χ2n) is 0.825. The molecule has 0 aromatic carbocycles. The van der Waals surface area contributed by atoms with Gasteiger partial charge in [0.05, 0.1) is 0 Å². The molecule has 1 N–H and O–H groups in total. The van der Waals surface area contributed by atoms with E-state index in [9.17, 15) is 4.79 Å². The van der Waals surface area contributed by atoms with E-state index in [-0.39, 0.29) is 5.91 Å². The van der Waals surface area contributed by atoms with Gasteiger partial charge in [0.2, 0.25) is 0 Å². The third-order valence-electron chi connectivity index (χ3n) is 0.343. The van der Waals surface area contributed by atoms with Crippen LogP contribution >= 0.6 is 12.8 Å². The second kappa shape index (κ2) is 3.53. The molecule has 0 aliphatic rings. The maximum atomic E-state index is 10.1. The molecule has 0 unspecified atom stereocenters. The highest BCUT2D eigenvalue weighted by Gasteiger charge is 1.82. The lowest BCUT2D eigenvalue weighted by Crippen LogP contribution is -2.06. The molecule has 0 bridgehead atoms. The number of nitrogens with one attached hydrogen (secondary N) is 1. The number of hydrogen-bond donors (Lipinski definition) is 2. The molecule has 7 heavy (non-hydrogen) atoms. The number of amides is 1. The Morgan fingerprint density at radius 2 is 2.57 bits per heavy atom. The van der Waals surface area contributed by atoms with E-state index in [0.29, 0.717) is 0 Å². The summed E-state index contributed by atoms with van der Waals surface area (Å²) in [6, 6.07) is 0. The van der Waals surface area contributed by atoms with Gasteiger partial charge in [0.25, 0.3) is 5.91 Å². The molecule has 0 rings (SSSR count). The summed E-state index contributed by atoms with van der Waals surface area (Å²) >= 11 is 3.45. The molecule has 0 heterocycles. The molecule has 0 aliphatic carbocycles. The molecule has 0 aliphatic heterocycles. The topological polar surface area (TPSA) is 29.1 Å². The standard InChI is InChI=1S/C4H5NOS/c1-2-3-4(6)5-7/h3,7H,1H2,(H,5,6). The Balaban J connectivity index is 3.58. The number of hydrogen-bond acceptors (Lipinski definition) is 2. The summed E-state index contributed by atoms with van der Waals surface area (Å²) in [5, 5.41) is 0. The van der Waals surface area contributed by atoms with Crippen molar-refractivity contribution < 1.29 is 4.79 Å². The number of carbonyl (C=O) groups is 1. The lowest BCUT2D eigenvalue weighted by Gasteiger charge is -1.81. The normalized spacial score (nSPS) is 6.43. The second-order valence-corrected chi connectivity index (χ2v) is 1.05. The molecule has 3 heteroatoms. The fraction of sp³-hybridized carbons (Fsp3) is 0. The SMILES string of the molecule is C=C=CC(=O)NS. The van der Waals surface area contributed by atoms with E-state index in [0.717, 1.165) is 6.08 Å². The molecule has 0 saturated carbocycles. The highest BCUT2D eigenvalue weighted by Crippen LogP contribution is 1.66. The summed E-state index contributed by atoms with van der Waals surface area (Å²) in [4.78, 5) is 10.1. The zero-order valence-corrected chi connectivity index (χ0v) is 4.53. The molecule has 38 valence electrons. The zero-order valence-electron chi connectivity index (χ0n) is 3.64. The van der Waals surface area contributed by atoms with Crippen molar-refractivity contribution in [3.8, 4) is 0 Å². The summed E-state index contributed by atoms with van der Waals surface area (Å²) in [5.74, 6) is -0.307. The molecule has 0 radical (unpaired) electrons. The third-order valence-corrected chi connectivity index (χ3v) is 0.564. The smallest absolute Gasteiger partial charge is 0.261 e. The molecule has 1 amide bonds. The third kappa shape index (κ3) is 3.16. The van der Waals surface area contributed by atoms with E-state index in [2.05, 4.69) is 29.8 Å². The van der Waals surface area contributed by atoms with Crippen molar-refractivity contribution in [2.75, 3.05) is 0 Å². The monoisotopic (exact) mass is 115 g/mol. The molecule has 0 fully saturated rings. The first-order valence-corrected chi connectivity index (χ1v) is 2.06. The largest absolute Gasteiger partial charge is 0.299 e. The quantitative estimate of drug-likeness (QED) is 0.287. The minimum atomic E-state index is -0.307. The van der Waals surface area contributed by atoms with Gasteiger partial charge in [-0.25, -0.2) is 0 Å². The van der Waals surface area contributed by atoms with Crippen molar-refractivity contribution in [3.63, 3.8) is 0 Å². The van der Waals surface area contributed by atoms with E-state index in [1.807, 2.05) is 0 Å². The van der Waals surface area contributed by atoms with Crippen LogP contribution in [0.1, 0.15) is 0 Å². The predicted molar refractivity (Wildman–Crippen MR) is 30.8 cm³/mol. The van der Waals surface area contributed by atoms with Gasteiger partial charge in [-0.2, -0.15) is 0 Å². The van der Waals surface area contributed by atoms with Gasteiger partial charge < -0.3 is 0 Å². The van der Waals surface area contributed by atoms with E-state index in [1.54, 1.807) is 0 Å². The van der Waals surface area contributed by atoms with Crippen LogP contribution in [-0.2, 0) is 4.79 Å². The van der Waals surface area contributed by atoms with Gasteiger partial charge in [0.15, 0.2) is 0 Å². The van der Waals surface area contributed by atoms with Crippen molar-refractivity contribution in [2.45, 2.75) is 0 Å². The average Bonchev–Trinajstić information content (AvgIpc) is 1.68. The van der Waals surface area contributed by atoms with Crippen LogP contribution < -0.4 is 4.72 Å². The number of thiol groups is 1. The van der Waals surface area contributed by atoms with Crippen LogP contribution in [0.15, 0.2) is 18.4 Å². The Morgan fingerprint density at radius 1 is 2.00 bits per heavy atom. The summed E-state index contributed by atoms with van der Waals surface area (Å²) < 4.78 is 2.06. The molecule has 2 nitrogen and oxygen atoms in total. The first kappa shape index (κ1) is 6.34. The Bertz CT molecular complexity index is 115. The van der Waals surface area contributed by atoms with Crippen LogP contribution in [0.3, 0.4) is 0 Å². The molecule has 0 atom stereocenters. The summed E-state index contributed by atoms with van der Waals surface area (Å²) in [5.41, 5.74) is 2.28. The highest BCUT2D eigenvalue weighted by molar-refractivity contribution is 7.78. The highest BCUT2D eigenvalue weighted by atomic mass is 32.1. The molecular weight excluding hydrogens is 110 g/mol. The molecule has 0 aromatic rings. The fourth-order valence-electron chi connectivity index (χ4n) is 0.125. The first-order chi connectivity index (χ1) is 3.31. The van der Waals surface area contributed by atoms with Gasteiger partial charge in [0.1, 0.15) is 0 Å². The van der Waals surface area contributed by atoms with E-state index in [4.69, 9.17) is 0 Å². The minimum absolute atomic E-state index is 0.307. The molecule has 0 saturated heterocycles. The van der Waals surface area contributed by atoms with Crippen LogP contribution in [0.25, 0.3) is 0 Å². The minimum Gasteiger partial charge on any atom is -0.299 e. The number of rotatable bonds is 1. The molecule has 0 spiro atoms. The predicted octanol–water partition coefficient (Wildman–Crippen LogP) is 0.289. The van der Waals surface area contributed by atoms with Gasteiger partial charge in [-0.15, -0.1) is 5.73 Å². The first-order valence-electron chi connectivity index (χ1n) is 1.61. The maximum absolute atomic E-state index is 10.1. The number of carbonyl (C=O) groups excluding carboxylic acids is 1. The van der Waals surface area contributed by atoms with Crippen molar-refractivity contribution in [1.29, 1.82) is 0 Å². The summed E-state index contributed by atoms with van der Waals surface area (Å²) in [6.45, 7) is 3.17. The molecular formula is C4H5NOS. The van der Waals surface area contributed by atoms with Gasteiger partial charge >= 0.3 is 0 Å². The maximum Gasteiger partial charge on any atom is 0.261 e. The van der Waals surface area contributed by atoms with Gasteiger partial charge in [-0.05, 0) is 0 Å². The van der Waals surface area contributed by atoms with Crippen LogP contribution in [0.5, 0.6) is 0 Å². The lowest BCUT2D eigenvalue weighted by molar-refractivity contribution is -0.114. The van der Waals surface area contributed by atoms with Crippen LogP contribution in [0.2, 0.25) is 0 Å². The lowest BCUT2D eigenvalue weighted by atomic mass is 10.6. The fourth-order valence-corrected chi connectivity index (χ4v) is 0.190. The Labute approximate surface area is 47.5 Å². The zero-order chi connectivity index (χ0) is 5.70. The van der Waals surface area contributed by atoms with Gasteiger partial charge in [0, 0.05) is 6.08 Å². The summed E-state index contributed by atoms with van der Waals surface area (Å²) in [6.07, 6.45) is 1.16. The van der Waals surface area contributed by atoms with Crippen LogP contribution in [-0.4, -0.2) is 5.91 Å². The van der Waals surface area contributed by atoms with Crippen molar-refractivity contribution in [3.05, 3.63) is 18.4 Å². The van der Waals surface area contributed by atoms with Crippen LogP contribution in [0, 0.1) is 0 Å². The van der Waals surface area contributed by atoms with Crippen molar-refractivity contribution in [2.24, 2.45) is 0 Å². The summed E-state index contributed by atoms with van der Waals surface area (Å²) in [7, 11) is 0. The Morgan fingerprint density at radius 3 is 2.71 bits per heavy atom. The van der Waals surface area contributed by atoms with Crippen molar-refractivity contribution >= 4 is 18.7 Å². The van der Waals surface area contributed by atoms with Gasteiger partial charge in [-0.3, -0.25) is 9.52 Å². The van der Waals surface area contributed by atoms with E-state index >= 15 is 0 Å². The van der Waals surface area contributed by atoms with Crippen LogP contribution in [0.4, 0.5) is 0 Å².